The summed E-state index contributed by atoms with van der Waals surface area (Å²) < 4.78 is 34.4. The quantitative estimate of drug-likeness (QED) is 0.824. The maximum atomic E-state index is 13.0. The van der Waals surface area contributed by atoms with Crippen LogP contribution in [0.1, 0.15) is 55.8 Å². The normalized spacial score (nSPS) is 17.1. The van der Waals surface area contributed by atoms with Gasteiger partial charge in [-0.15, -0.1) is 10.2 Å². The zero-order valence-corrected chi connectivity index (χ0v) is 15.2. The highest BCUT2D eigenvalue weighted by atomic mass is 32.2. The summed E-state index contributed by atoms with van der Waals surface area (Å²) in [7, 11) is -3.66. The first-order chi connectivity index (χ1) is 11.4. The summed E-state index contributed by atoms with van der Waals surface area (Å²) in [6.07, 6.45) is 6.25. The van der Waals surface area contributed by atoms with Gasteiger partial charge in [-0.3, -0.25) is 0 Å². The van der Waals surface area contributed by atoms with Crippen molar-refractivity contribution in [3.05, 3.63) is 17.3 Å². The van der Waals surface area contributed by atoms with Crippen molar-refractivity contribution < 1.29 is 12.8 Å². The van der Waals surface area contributed by atoms with Gasteiger partial charge in [-0.2, -0.15) is 0 Å². The molecule has 7 nitrogen and oxygen atoms in total. The summed E-state index contributed by atoms with van der Waals surface area (Å²) in [6, 6.07) is -0.00984. The van der Waals surface area contributed by atoms with Crippen molar-refractivity contribution in [2.24, 2.45) is 0 Å². The first-order valence-corrected chi connectivity index (χ1v) is 9.89. The molecule has 132 valence electrons. The standard InChI is InChI=1S/C16H24N4O3S/c1-10-14(16-19-18-12(3)23-16)15(11(2)17-10)24(21,22)20-13-8-6-4-5-7-9-13/h13,17,20H,4-9H2,1-3H3. The number of sulfonamides is 1. The van der Waals surface area contributed by atoms with Gasteiger partial charge in [0.25, 0.3) is 5.89 Å². The average Bonchev–Trinajstić information content (AvgIpc) is 2.93. The minimum absolute atomic E-state index is 0.00984. The van der Waals surface area contributed by atoms with E-state index in [0.29, 0.717) is 22.8 Å². The zero-order valence-electron chi connectivity index (χ0n) is 14.3. The molecule has 2 N–H and O–H groups in total. The number of rotatable bonds is 4. The Morgan fingerprint density at radius 3 is 2.29 bits per heavy atom. The summed E-state index contributed by atoms with van der Waals surface area (Å²) in [4.78, 5) is 3.31. The van der Waals surface area contributed by atoms with Gasteiger partial charge in [0.2, 0.25) is 15.9 Å². The second kappa shape index (κ2) is 6.68. The number of H-pyrrole nitrogens is 1. The molecule has 0 amide bonds. The maximum absolute atomic E-state index is 13.0. The van der Waals surface area contributed by atoms with Gasteiger partial charge in [-0.25, -0.2) is 13.1 Å². The fourth-order valence-corrected chi connectivity index (χ4v) is 5.18. The fourth-order valence-electron chi connectivity index (χ4n) is 3.42. The van der Waals surface area contributed by atoms with Crippen LogP contribution in [0.4, 0.5) is 0 Å². The minimum Gasteiger partial charge on any atom is -0.421 e. The lowest BCUT2D eigenvalue weighted by Crippen LogP contribution is -2.34. The van der Waals surface area contributed by atoms with E-state index in [2.05, 4.69) is 19.9 Å². The summed E-state index contributed by atoms with van der Waals surface area (Å²) >= 11 is 0. The van der Waals surface area contributed by atoms with E-state index in [9.17, 15) is 8.42 Å². The molecule has 2 aromatic heterocycles. The van der Waals surface area contributed by atoms with E-state index < -0.39 is 10.0 Å². The zero-order chi connectivity index (χ0) is 17.3. The highest BCUT2D eigenvalue weighted by molar-refractivity contribution is 7.89. The van der Waals surface area contributed by atoms with Crippen molar-refractivity contribution in [3.8, 4) is 11.5 Å². The van der Waals surface area contributed by atoms with Crippen molar-refractivity contribution in [2.75, 3.05) is 0 Å². The van der Waals surface area contributed by atoms with Crippen molar-refractivity contribution in [3.63, 3.8) is 0 Å². The van der Waals surface area contributed by atoms with E-state index in [0.717, 1.165) is 25.7 Å². The van der Waals surface area contributed by atoms with Crippen LogP contribution in [-0.4, -0.2) is 29.6 Å². The molecule has 1 saturated carbocycles. The van der Waals surface area contributed by atoms with Crippen molar-refractivity contribution in [1.29, 1.82) is 0 Å². The minimum atomic E-state index is -3.66. The van der Waals surface area contributed by atoms with Gasteiger partial charge in [0.05, 0.1) is 5.56 Å². The molecular weight excluding hydrogens is 328 g/mol. The topological polar surface area (TPSA) is 101 Å². The molecule has 0 unspecified atom stereocenters. The molecule has 1 fully saturated rings. The molecule has 0 radical (unpaired) electrons. The molecule has 2 aromatic rings. The second-order valence-electron chi connectivity index (χ2n) is 6.52. The molecule has 0 bridgehead atoms. The van der Waals surface area contributed by atoms with Crippen LogP contribution in [0.25, 0.3) is 11.5 Å². The fraction of sp³-hybridized carbons (Fsp3) is 0.625. The van der Waals surface area contributed by atoms with Gasteiger partial charge < -0.3 is 9.40 Å². The highest BCUT2D eigenvalue weighted by Crippen LogP contribution is 2.33. The molecular formula is C16H24N4O3S. The maximum Gasteiger partial charge on any atom is 0.250 e. The first kappa shape index (κ1) is 17.2. The Hall–Kier alpha value is -1.67. The molecule has 1 aliphatic carbocycles. The van der Waals surface area contributed by atoms with Gasteiger partial charge >= 0.3 is 0 Å². The predicted molar refractivity (Wildman–Crippen MR) is 90.1 cm³/mol. The van der Waals surface area contributed by atoms with Crippen molar-refractivity contribution >= 4 is 10.0 Å². The van der Waals surface area contributed by atoms with Crippen LogP contribution < -0.4 is 4.72 Å². The average molecular weight is 352 g/mol. The first-order valence-electron chi connectivity index (χ1n) is 8.40. The van der Waals surface area contributed by atoms with Gasteiger partial charge in [0, 0.05) is 24.4 Å². The third-order valence-corrected chi connectivity index (χ3v) is 6.19. The van der Waals surface area contributed by atoms with Crippen LogP contribution in [0, 0.1) is 20.8 Å². The van der Waals surface area contributed by atoms with Crippen molar-refractivity contribution in [1.82, 2.24) is 19.9 Å². The summed E-state index contributed by atoms with van der Waals surface area (Å²) in [6.45, 7) is 5.25. The molecule has 24 heavy (non-hydrogen) atoms. The third kappa shape index (κ3) is 3.39. The molecule has 8 heteroatoms. The molecule has 2 heterocycles. The Labute approximate surface area is 142 Å². The van der Waals surface area contributed by atoms with Crippen molar-refractivity contribution in [2.45, 2.75) is 70.2 Å². The Bertz CT molecular complexity index is 814. The van der Waals surface area contributed by atoms with E-state index in [1.807, 2.05) is 6.92 Å². The van der Waals surface area contributed by atoms with Crippen LogP contribution >= 0.6 is 0 Å². The number of nitrogens with zero attached hydrogens (tertiary/aromatic N) is 2. The molecule has 0 spiro atoms. The van der Waals surface area contributed by atoms with E-state index in [1.54, 1.807) is 13.8 Å². The number of nitrogens with one attached hydrogen (secondary N) is 2. The smallest absolute Gasteiger partial charge is 0.250 e. The Balaban J connectivity index is 1.98. The Kier molecular flexibility index (Phi) is 4.78. The van der Waals surface area contributed by atoms with E-state index >= 15 is 0 Å². The molecule has 3 rings (SSSR count). The lowest BCUT2D eigenvalue weighted by atomic mass is 10.1. The number of aryl methyl sites for hydroxylation is 3. The number of aromatic amines is 1. The van der Waals surface area contributed by atoms with Crippen LogP contribution in [0.5, 0.6) is 0 Å². The monoisotopic (exact) mass is 352 g/mol. The SMILES string of the molecule is Cc1nnc(-c2c(C)[nH]c(C)c2S(=O)(=O)NC2CCCCCC2)o1. The highest BCUT2D eigenvalue weighted by Gasteiger charge is 2.30. The molecule has 1 aliphatic rings. The van der Waals surface area contributed by atoms with Gasteiger partial charge in [0.15, 0.2) is 0 Å². The van der Waals surface area contributed by atoms with Crippen LogP contribution in [0.2, 0.25) is 0 Å². The van der Waals surface area contributed by atoms with Crippen LogP contribution in [-0.2, 0) is 10.0 Å². The van der Waals surface area contributed by atoms with E-state index in [4.69, 9.17) is 4.42 Å². The molecule has 0 aromatic carbocycles. The van der Waals surface area contributed by atoms with Gasteiger partial charge in [-0.05, 0) is 26.7 Å². The lowest BCUT2D eigenvalue weighted by Gasteiger charge is -2.17. The van der Waals surface area contributed by atoms with E-state index in [-0.39, 0.29) is 16.8 Å². The summed E-state index contributed by atoms with van der Waals surface area (Å²) in [5, 5.41) is 7.82. The third-order valence-electron chi connectivity index (χ3n) is 4.50. The molecule has 0 aliphatic heterocycles. The Morgan fingerprint density at radius 1 is 1.04 bits per heavy atom. The number of hydrogen-bond acceptors (Lipinski definition) is 5. The van der Waals surface area contributed by atoms with Gasteiger partial charge in [0.1, 0.15) is 4.90 Å². The van der Waals surface area contributed by atoms with E-state index in [1.165, 1.54) is 12.8 Å². The summed E-state index contributed by atoms with van der Waals surface area (Å²) in [5.41, 5.74) is 1.76. The Morgan fingerprint density at radius 2 is 1.71 bits per heavy atom. The van der Waals surface area contributed by atoms with Crippen LogP contribution in [0.15, 0.2) is 9.31 Å². The number of hydrogen-bond donors (Lipinski definition) is 2. The second-order valence-corrected chi connectivity index (χ2v) is 8.17. The summed E-state index contributed by atoms with van der Waals surface area (Å²) in [5.74, 6) is 0.638. The number of aromatic nitrogens is 3. The van der Waals surface area contributed by atoms with Crippen LogP contribution in [0.3, 0.4) is 0 Å². The lowest BCUT2D eigenvalue weighted by molar-refractivity contribution is 0.508. The molecule has 0 atom stereocenters. The molecule has 0 saturated heterocycles. The van der Waals surface area contributed by atoms with Gasteiger partial charge in [-0.1, -0.05) is 25.7 Å². The largest absolute Gasteiger partial charge is 0.421 e. The predicted octanol–water partition coefficient (Wildman–Crippen LogP) is 2.99.